The predicted molar refractivity (Wildman–Crippen MR) is 62.3 cm³/mol. The van der Waals surface area contributed by atoms with Gasteiger partial charge in [-0.25, -0.2) is 4.39 Å². The number of aliphatic hydroxyl groups excluding tert-OH is 1. The summed E-state index contributed by atoms with van der Waals surface area (Å²) in [5.74, 6) is -0.0460. The molecule has 1 N–H and O–H groups in total. The van der Waals surface area contributed by atoms with Gasteiger partial charge in [-0.05, 0) is 25.1 Å². The maximum Gasteiger partial charge on any atom is 0.125 e. The molecule has 0 amide bonds. The summed E-state index contributed by atoms with van der Waals surface area (Å²) in [5.41, 5.74) is 1.56. The van der Waals surface area contributed by atoms with E-state index in [0.717, 1.165) is 0 Å². The topological polar surface area (TPSA) is 29.5 Å². The van der Waals surface area contributed by atoms with Gasteiger partial charge in [0.1, 0.15) is 18.2 Å². The van der Waals surface area contributed by atoms with Crippen LogP contribution in [0.5, 0.6) is 5.75 Å². The molecule has 1 aromatic carbocycles. The van der Waals surface area contributed by atoms with Crippen molar-refractivity contribution < 1.29 is 14.2 Å². The maximum atomic E-state index is 12.9. The zero-order chi connectivity index (χ0) is 12.1. The molecule has 5 heteroatoms. The number of aliphatic hydroxyl groups is 1. The molecule has 0 radical (unpaired) electrons. The van der Waals surface area contributed by atoms with E-state index in [-0.39, 0.29) is 6.61 Å². The van der Waals surface area contributed by atoms with Gasteiger partial charge in [0.2, 0.25) is 0 Å². The molecule has 0 aliphatic rings. The van der Waals surface area contributed by atoms with Crippen LogP contribution >= 0.6 is 23.2 Å². The minimum absolute atomic E-state index is 0.0798. The summed E-state index contributed by atoms with van der Waals surface area (Å²) in [7, 11) is 0. The number of halogens is 3. The molecule has 1 aromatic rings. The molecule has 1 atom stereocenters. The molecule has 0 fully saturated rings. The van der Waals surface area contributed by atoms with E-state index >= 15 is 0 Å². The van der Waals surface area contributed by atoms with Crippen molar-refractivity contribution in [1.82, 2.24) is 0 Å². The Balaban J connectivity index is 2.87. The van der Waals surface area contributed by atoms with Crippen LogP contribution in [0.2, 0.25) is 0 Å². The minimum atomic E-state index is -0.815. The first-order valence-corrected chi connectivity index (χ1v) is 5.41. The summed E-state index contributed by atoms with van der Waals surface area (Å²) in [6, 6.07) is 3.91. The quantitative estimate of drug-likeness (QED) is 0.901. The minimum Gasteiger partial charge on any atom is -0.488 e. The second-order valence-corrected chi connectivity index (χ2v) is 3.91. The van der Waals surface area contributed by atoms with Crippen LogP contribution in [0.4, 0.5) is 4.39 Å². The Morgan fingerprint density at radius 2 is 2.31 bits per heavy atom. The molecule has 1 rings (SSSR count). The van der Waals surface area contributed by atoms with E-state index in [1.54, 1.807) is 0 Å². The third-order valence-electron chi connectivity index (χ3n) is 1.91. The molecule has 2 nitrogen and oxygen atoms in total. The first-order chi connectivity index (χ1) is 7.54. The smallest absolute Gasteiger partial charge is 0.125 e. The highest BCUT2D eigenvalue weighted by molar-refractivity contribution is 6.36. The van der Waals surface area contributed by atoms with E-state index in [2.05, 4.69) is 0 Å². The van der Waals surface area contributed by atoms with Gasteiger partial charge in [-0.3, -0.25) is 0 Å². The van der Waals surface area contributed by atoms with Crippen molar-refractivity contribution in [3.05, 3.63) is 40.1 Å². The van der Waals surface area contributed by atoms with Gasteiger partial charge >= 0.3 is 0 Å². The third kappa shape index (κ3) is 3.67. The van der Waals surface area contributed by atoms with Crippen molar-refractivity contribution in [3.8, 4) is 5.75 Å². The Hall–Kier alpha value is -0.770. The summed E-state index contributed by atoms with van der Waals surface area (Å²) in [4.78, 5) is 0. The highest BCUT2D eigenvalue weighted by Crippen LogP contribution is 2.26. The van der Waals surface area contributed by atoms with Crippen LogP contribution in [0, 0.1) is 5.82 Å². The Morgan fingerprint density at radius 1 is 1.62 bits per heavy atom. The van der Waals surface area contributed by atoms with E-state index in [9.17, 15) is 9.50 Å². The van der Waals surface area contributed by atoms with Crippen LogP contribution in [-0.2, 0) is 0 Å². The van der Waals surface area contributed by atoms with Crippen LogP contribution in [-0.4, -0.2) is 11.7 Å². The van der Waals surface area contributed by atoms with Crippen LogP contribution in [0.3, 0.4) is 0 Å². The lowest BCUT2D eigenvalue weighted by molar-refractivity contribution is 0.192. The molecule has 16 heavy (non-hydrogen) atoms. The molecular weight excluding hydrogens is 254 g/mol. The third-order valence-corrected chi connectivity index (χ3v) is 2.50. The van der Waals surface area contributed by atoms with E-state index in [1.807, 2.05) is 0 Å². The lowest BCUT2D eigenvalue weighted by atomic mass is 10.1. The first-order valence-electron chi connectivity index (χ1n) is 4.59. The molecule has 0 aliphatic carbocycles. The second-order valence-electron chi connectivity index (χ2n) is 3.20. The van der Waals surface area contributed by atoms with E-state index < -0.39 is 11.9 Å². The zero-order valence-electron chi connectivity index (χ0n) is 8.58. The zero-order valence-corrected chi connectivity index (χ0v) is 10.1. The fourth-order valence-corrected chi connectivity index (χ4v) is 1.27. The Kier molecular flexibility index (Phi) is 5.06. The van der Waals surface area contributed by atoms with Gasteiger partial charge in [0, 0.05) is 11.1 Å². The van der Waals surface area contributed by atoms with Gasteiger partial charge < -0.3 is 9.84 Å². The predicted octanol–water partition coefficient (Wildman–Crippen LogP) is 3.58. The lowest BCUT2D eigenvalue weighted by Gasteiger charge is -2.13. The van der Waals surface area contributed by atoms with Crippen LogP contribution in [0.25, 0.3) is 0 Å². The monoisotopic (exact) mass is 264 g/mol. The maximum absolute atomic E-state index is 12.9. The van der Waals surface area contributed by atoms with Crippen LogP contribution in [0.1, 0.15) is 18.6 Å². The van der Waals surface area contributed by atoms with Crippen molar-refractivity contribution in [2.24, 2.45) is 0 Å². The molecule has 0 aliphatic heterocycles. The number of rotatable bonds is 4. The lowest BCUT2D eigenvalue weighted by Crippen LogP contribution is -2.02. The summed E-state index contributed by atoms with van der Waals surface area (Å²) < 4.78 is 18.2. The Labute approximate surface area is 103 Å². The van der Waals surface area contributed by atoms with Crippen molar-refractivity contribution in [2.75, 3.05) is 6.61 Å². The SMILES string of the molecule is CC(O)c1cc(F)ccc1OCC(Cl)=CCl. The standard InChI is InChI=1S/C11H11Cl2FO2/c1-7(15)10-4-9(14)2-3-11(10)16-6-8(13)5-12/h2-5,7,15H,6H2,1H3. The molecular formula is C11H11Cl2FO2. The van der Waals surface area contributed by atoms with Gasteiger partial charge in [-0.15, -0.1) is 0 Å². The summed E-state index contributed by atoms with van der Waals surface area (Å²) in [6.45, 7) is 1.61. The van der Waals surface area contributed by atoms with Gasteiger partial charge in [0.15, 0.2) is 0 Å². The fourth-order valence-electron chi connectivity index (χ4n) is 1.16. The van der Waals surface area contributed by atoms with E-state index in [1.165, 1.54) is 30.7 Å². The van der Waals surface area contributed by atoms with Gasteiger partial charge in [0.25, 0.3) is 0 Å². The van der Waals surface area contributed by atoms with E-state index in [0.29, 0.717) is 16.3 Å². The fraction of sp³-hybridized carbons (Fsp3) is 0.273. The van der Waals surface area contributed by atoms with Crippen molar-refractivity contribution in [1.29, 1.82) is 0 Å². The van der Waals surface area contributed by atoms with Crippen LogP contribution < -0.4 is 4.74 Å². The molecule has 0 bridgehead atoms. The van der Waals surface area contributed by atoms with Gasteiger partial charge in [0.05, 0.1) is 11.1 Å². The summed E-state index contributed by atoms with van der Waals surface area (Å²) >= 11 is 11.0. The average Bonchev–Trinajstić information content (AvgIpc) is 2.26. The average molecular weight is 265 g/mol. The first kappa shape index (κ1) is 13.3. The number of benzene rings is 1. The number of hydrogen-bond acceptors (Lipinski definition) is 2. The molecule has 0 saturated carbocycles. The Morgan fingerprint density at radius 3 is 2.88 bits per heavy atom. The summed E-state index contributed by atoms with van der Waals surface area (Å²) in [6.07, 6.45) is -0.815. The molecule has 88 valence electrons. The van der Waals surface area contributed by atoms with Gasteiger partial charge in [-0.2, -0.15) is 0 Å². The summed E-state index contributed by atoms with van der Waals surface area (Å²) in [5, 5.41) is 9.75. The Bertz CT molecular complexity index is 392. The number of ether oxygens (including phenoxy) is 1. The van der Waals surface area contributed by atoms with Crippen LogP contribution in [0.15, 0.2) is 28.8 Å². The van der Waals surface area contributed by atoms with Crippen molar-refractivity contribution >= 4 is 23.2 Å². The molecule has 1 unspecified atom stereocenters. The molecule has 0 saturated heterocycles. The highest BCUT2D eigenvalue weighted by Gasteiger charge is 2.10. The van der Waals surface area contributed by atoms with Crippen molar-refractivity contribution in [2.45, 2.75) is 13.0 Å². The van der Waals surface area contributed by atoms with Gasteiger partial charge in [-0.1, -0.05) is 23.2 Å². The molecule has 0 aromatic heterocycles. The highest BCUT2D eigenvalue weighted by atomic mass is 35.5. The molecule has 0 heterocycles. The van der Waals surface area contributed by atoms with Crippen molar-refractivity contribution in [3.63, 3.8) is 0 Å². The number of hydrogen-bond donors (Lipinski definition) is 1. The second kappa shape index (κ2) is 6.09. The largest absolute Gasteiger partial charge is 0.488 e. The normalized spacial score (nSPS) is 13.7. The van der Waals surface area contributed by atoms with E-state index in [4.69, 9.17) is 27.9 Å². The molecule has 0 spiro atoms.